The van der Waals surface area contributed by atoms with Gasteiger partial charge < -0.3 is 9.84 Å². The molecule has 1 fully saturated rings. The van der Waals surface area contributed by atoms with Crippen LogP contribution in [0.5, 0.6) is 5.75 Å². The van der Waals surface area contributed by atoms with Gasteiger partial charge in [-0.15, -0.1) is 18.3 Å². The lowest BCUT2D eigenvalue weighted by Gasteiger charge is -2.19. The highest BCUT2D eigenvalue weighted by Gasteiger charge is 2.31. The van der Waals surface area contributed by atoms with Crippen molar-refractivity contribution in [3.8, 4) is 22.8 Å². The first-order valence-electron chi connectivity index (χ1n) is 13.5. The maximum absolute atomic E-state index is 12.6. The minimum Gasteiger partial charge on any atom is -0.406 e. The second-order valence-corrected chi connectivity index (χ2v) is 11.0. The molecular formula is C30H29F3N6O3S. The van der Waals surface area contributed by atoms with Crippen LogP contribution in [0.4, 0.5) is 18.9 Å². The van der Waals surface area contributed by atoms with E-state index in [2.05, 4.69) is 39.0 Å². The average molecular weight is 611 g/mol. The van der Waals surface area contributed by atoms with E-state index in [0.717, 1.165) is 22.4 Å². The summed E-state index contributed by atoms with van der Waals surface area (Å²) >= 11 is 1.29. The Balaban J connectivity index is 1.15. The number of aliphatic hydroxyl groups is 1. The van der Waals surface area contributed by atoms with Gasteiger partial charge in [-0.2, -0.15) is 0 Å². The number of aliphatic imine (C=N–C) groups is 1. The van der Waals surface area contributed by atoms with Crippen molar-refractivity contribution in [2.75, 3.05) is 17.2 Å². The summed E-state index contributed by atoms with van der Waals surface area (Å²) < 4.78 is 42.5. The Morgan fingerprint density at radius 2 is 1.81 bits per heavy atom. The molecule has 1 amide bonds. The van der Waals surface area contributed by atoms with E-state index in [4.69, 9.17) is 0 Å². The van der Waals surface area contributed by atoms with Crippen LogP contribution >= 0.6 is 11.8 Å². The molecular weight excluding hydrogens is 581 g/mol. The molecule has 2 N–H and O–H groups in total. The Morgan fingerprint density at radius 1 is 1.07 bits per heavy atom. The number of carbonyl (C=O) groups excluding carboxylic acids is 1. The van der Waals surface area contributed by atoms with E-state index in [-0.39, 0.29) is 17.4 Å². The Morgan fingerprint density at radius 3 is 2.51 bits per heavy atom. The minimum absolute atomic E-state index is 0.0790. The van der Waals surface area contributed by atoms with Crippen molar-refractivity contribution < 1.29 is 27.8 Å². The number of hydrogen-bond acceptors (Lipinski definition) is 8. The van der Waals surface area contributed by atoms with Crippen LogP contribution in [0.1, 0.15) is 30.9 Å². The van der Waals surface area contributed by atoms with Crippen molar-refractivity contribution in [1.29, 1.82) is 0 Å². The van der Waals surface area contributed by atoms with Crippen LogP contribution in [0.15, 0.2) is 84.1 Å². The van der Waals surface area contributed by atoms with Gasteiger partial charge in [0.2, 0.25) is 12.3 Å². The standard InChI is InChI=1S/C30H29F3N6O3S/c1-19(2)22-4-3-5-24(16-22)39-26(40)17-43-29(39)36-28(41)34-15-14-20-6-8-21(9-7-20)27-35-18-38(37-27)23-10-12-25(13-11-23)42-30(31,32)33/h3-13,16,18-19,28,34,41H,14-15,17H2,1-2H3/b36-29-. The van der Waals surface area contributed by atoms with Crippen molar-refractivity contribution in [1.82, 2.24) is 20.1 Å². The molecule has 224 valence electrons. The van der Waals surface area contributed by atoms with Crippen molar-refractivity contribution in [3.63, 3.8) is 0 Å². The zero-order chi connectivity index (χ0) is 30.6. The number of halogens is 3. The Bertz CT molecular complexity index is 1590. The molecule has 13 heteroatoms. The highest BCUT2D eigenvalue weighted by molar-refractivity contribution is 8.15. The van der Waals surface area contributed by atoms with Gasteiger partial charge in [0.1, 0.15) is 12.1 Å². The number of benzene rings is 3. The van der Waals surface area contributed by atoms with Gasteiger partial charge in [-0.05, 0) is 59.9 Å². The number of carbonyl (C=O) groups is 1. The van der Waals surface area contributed by atoms with Crippen molar-refractivity contribution >= 4 is 28.5 Å². The highest BCUT2D eigenvalue weighted by atomic mass is 32.2. The number of amides is 1. The van der Waals surface area contributed by atoms with E-state index in [9.17, 15) is 23.1 Å². The van der Waals surface area contributed by atoms with Gasteiger partial charge in [-0.25, -0.2) is 14.7 Å². The summed E-state index contributed by atoms with van der Waals surface area (Å²) in [5.41, 5.74) is 4.16. The minimum atomic E-state index is -4.75. The second kappa shape index (κ2) is 13.0. The normalized spacial score (nSPS) is 15.5. The fourth-order valence-electron chi connectivity index (χ4n) is 4.37. The molecule has 4 aromatic rings. The molecule has 1 atom stereocenters. The molecule has 0 aliphatic carbocycles. The number of thioether (sulfide) groups is 1. The summed E-state index contributed by atoms with van der Waals surface area (Å²) in [6.07, 6.45) is -3.83. The molecule has 9 nitrogen and oxygen atoms in total. The summed E-state index contributed by atoms with van der Waals surface area (Å²) in [5.74, 6) is 0.642. The van der Waals surface area contributed by atoms with Crippen LogP contribution in [-0.2, 0) is 11.2 Å². The van der Waals surface area contributed by atoms with Gasteiger partial charge in [0.05, 0.1) is 17.1 Å². The molecule has 1 unspecified atom stereocenters. The number of aromatic nitrogens is 3. The van der Waals surface area contributed by atoms with Gasteiger partial charge in [0.15, 0.2) is 11.0 Å². The van der Waals surface area contributed by atoms with E-state index >= 15 is 0 Å². The number of amidine groups is 1. The molecule has 1 aliphatic rings. The predicted molar refractivity (Wildman–Crippen MR) is 159 cm³/mol. The highest BCUT2D eigenvalue weighted by Crippen LogP contribution is 2.29. The number of nitrogens with zero attached hydrogens (tertiary/aromatic N) is 5. The maximum atomic E-state index is 12.6. The summed E-state index contributed by atoms with van der Waals surface area (Å²) in [7, 11) is 0. The van der Waals surface area contributed by atoms with Crippen molar-refractivity contribution in [2.24, 2.45) is 4.99 Å². The lowest BCUT2D eigenvalue weighted by Crippen LogP contribution is -2.34. The quantitative estimate of drug-likeness (QED) is 0.229. The van der Waals surface area contributed by atoms with Gasteiger partial charge in [-0.1, -0.05) is 62.0 Å². The predicted octanol–water partition coefficient (Wildman–Crippen LogP) is 5.50. The third-order valence-corrected chi connectivity index (χ3v) is 7.51. The van der Waals surface area contributed by atoms with Crippen LogP contribution in [0.25, 0.3) is 17.1 Å². The van der Waals surface area contributed by atoms with Crippen LogP contribution in [-0.4, -0.2) is 56.0 Å². The van der Waals surface area contributed by atoms with E-state index in [1.165, 1.54) is 47.0 Å². The van der Waals surface area contributed by atoms with Crippen LogP contribution < -0.4 is 15.0 Å². The first-order chi connectivity index (χ1) is 20.6. The molecule has 0 bridgehead atoms. The largest absolute Gasteiger partial charge is 0.573 e. The number of aliphatic hydroxyl groups excluding tert-OH is 1. The fourth-order valence-corrected chi connectivity index (χ4v) is 5.26. The Labute approximate surface area is 250 Å². The van der Waals surface area contributed by atoms with Crippen molar-refractivity contribution in [3.05, 3.63) is 90.3 Å². The van der Waals surface area contributed by atoms with E-state index in [1.54, 1.807) is 4.90 Å². The van der Waals surface area contributed by atoms with Gasteiger partial charge in [0, 0.05) is 12.1 Å². The summed E-state index contributed by atoms with van der Waals surface area (Å²) in [6, 6.07) is 20.7. The fraction of sp³-hybridized carbons (Fsp3) is 0.267. The summed E-state index contributed by atoms with van der Waals surface area (Å²) in [5, 5.41) is 18.4. The third-order valence-electron chi connectivity index (χ3n) is 6.57. The molecule has 5 rings (SSSR count). The average Bonchev–Trinajstić information content (AvgIpc) is 3.60. The van der Waals surface area contributed by atoms with E-state index < -0.39 is 12.7 Å². The summed E-state index contributed by atoms with van der Waals surface area (Å²) in [4.78, 5) is 22.8. The number of alkyl halides is 3. The van der Waals surface area contributed by atoms with Gasteiger partial charge in [-0.3, -0.25) is 15.0 Å². The monoisotopic (exact) mass is 610 g/mol. The zero-order valence-corrected chi connectivity index (χ0v) is 24.1. The van der Waals surface area contributed by atoms with Crippen LogP contribution in [0.2, 0.25) is 0 Å². The number of rotatable bonds is 10. The molecule has 0 saturated carbocycles. The molecule has 1 aliphatic heterocycles. The number of hydrogen-bond donors (Lipinski definition) is 2. The molecule has 0 spiro atoms. The molecule has 0 radical (unpaired) electrons. The number of anilines is 1. The zero-order valence-electron chi connectivity index (χ0n) is 23.3. The van der Waals surface area contributed by atoms with Crippen LogP contribution in [0.3, 0.4) is 0 Å². The smallest absolute Gasteiger partial charge is 0.406 e. The second-order valence-electron chi connectivity index (χ2n) is 10.0. The van der Waals surface area contributed by atoms with Gasteiger partial charge >= 0.3 is 6.36 Å². The molecule has 43 heavy (non-hydrogen) atoms. The Hall–Kier alpha value is -4.20. The topological polar surface area (TPSA) is 105 Å². The summed E-state index contributed by atoms with van der Waals surface area (Å²) in [6.45, 7) is 4.62. The maximum Gasteiger partial charge on any atom is 0.573 e. The molecule has 1 saturated heterocycles. The first-order valence-corrected chi connectivity index (χ1v) is 14.5. The van der Waals surface area contributed by atoms with Gasteiger partial charge in [0.25, 0.3) is 0 Å². The third kappa shape index (κ3) is 7.80. The Kier molecular flexibility index (Phi) is 9.14. The van der Waals surface area contributed by atoms with E-state index in [1.807, 2.05) is 48.5 Å². The lowest BCUT2D eigenvalue weighted by atomic mass is 10.0. The first kappa shape index (κ1) is 30.3. The number of ether oxygens (including phenoxy) is 1. The molecule has 1 aromatic heterocycles. The van der Waals surface area contributed by atoms with E-state index in [0.29, 0.717) is 35.6 Å². The van der Waals surface area contributed by atoms with Crippen molar-refractivity contribution in [2.45, 2.75) is 38.9 Å². The molecule has 3 aromatic carbocycles. The SMILES string of the molecule is CC(C)c1cccc(N2C(=O)CS/C2=N\C(O)NCCc2ccc(-c3ncn(-c4ccc(OC(F)(F)F)cc4)n3)cc2)c1. The number of nitrogens with one attached hydrogen (secondary N) is 1. The van der Waals surface area contributed by atoms with Crippen LogP contribution in [0, 0.1) is 0 Å². The molecule has 2 heterocycles. The lowest BCUT2D eigenvalue weighted by molar-refractivity contribution is -0.274.